The molecule has 0 fully saturated rings. The predicted molar refractivity (Wildman–Crippen MR) is 109 cm³/mol. The van der Waals surface area contributed by atoms with Crippen molar-refractivity contribution in [2.24, 2.45) is 0 Å². The lowest BCUT2D eigenvalue weighted by Crippen LogP contribution is -1.94. The van der Waals surface area contributed by atoms with E-state index < -0.39 is 5.82 Å². The molecule has 0 radical (unpaired) electrons. The smallest absolute Gasteiger partial charge is 0.217 e. The number of aromatic nitrogens is 4. The molecule has 6 nitrogen and oxygen atoms in total. The maximum absolute atomic E-state index is 13.1. The van der Waals surface area contributed by atoms with Gasteiger partial charge in [0.25, 0.3) is 0 Å². The van der Waals surface area contributed by atoms with Crippen molar-refractivity contribution < 1.29 is 13.5 Å². The molecular weight excluding hydrogens is 415 g/mol. The number of thiophene rings is 1. The largest absolute Gasteiger partial charge is 0.484 e. The first-order chi connectivity index (χ1) is 14.0. The molecule has 0 aliphatic heterocycles. The van der Waals surface area contributed by atoms with Gasteiger partial charge in [0.05, 0.1) is 10.4 Å². The molecule has 0 aliphatic carbocycles. The van der Waals surface area contributed by atoms with Crippen LogP contribution in [0.3, 0.4) is 0 Å². The third-order valence-electron chi connectivity index (χ3n) is 4.65. The minimum Gasteiger partial charge on any atom is -0.484 e. The van der Waals surface area contributed by atoms with Crippen LogP contribution in [0, 0.1) is 19.7 Å². The lowest BCUT2D eigenvalue weighted by Gasteiger charge is -2.05. The van der Waals surface area contributed by atoms with Crippen LogP contribution in [-0.2, 0) is 6.61 Å². The summed E-state index contributed by atoms with van der Waals surface area (Å²) in [5.74, 6) is 1.53. The SMILES string of the molecule is Cc1sc2ncn3nc(-c4ccc(COc5ccc(F)cc5Cl)o4)nc3c2c1C. The van der Waals surface area contributed by atoms with Crippen molar-refractivity contribution in [2.75, 3.05) is 0 Å². The van der Waals surface area contributed by atoms with Crippen LogP contribution in [0.2, 0.25) is 5.02 Å². The molecule has 29 heavy (non-hydrogen) atoms. The highest BCUT2D eigenvalue weighted by molar-refractivity contribution is 7.18. The second-order valence-corrected chi connectivity index (χ2v) is 8.15. The maximum Gasteiger partial charge on any atom is 0.217 e. The molecule has 0 amide bonds. The normalized spacial score (nSPS) is 11.6. The van der Waals surface area contributed by atoms with Crippen LogP contribution in [0.1, 0.15) is 16.2 Å². The first-order valence-electron chi connectivity index (χ1n) is 8.77. The third kappa shape index (κ3) is 3.14. The number of rotatable bonds is 4. The Balaban J connectivity index is 1.44. The highest BCUT2D eigenvalue weighted by Gasteiger charge is 2.17. The van der Waals surface area contributed by atoms with Crippen LogP contribution >= 0.6 is 22.9 Å². The lowest BCUT2D eigenvalue weighted by molar-refractivity contribution is 0.271. The number of hydrogen-bond donors (Lipinski definition) is 0. The van der Waals surface area contributed by atoms with Crippen LogP contribution in [-0.4, -0.2) is 19.6 Å². The van der Waals surface area contributed by atoms with Gasteiger partial charge in [0, 0.05) is 4.88 Å². The number of furan rings is 1. The zero-order valence-electron chi connectivity index (χ0n) is 15.4. The van der Waals surface area contributed by atoms with Crippen LogP contribution in [0.4, 0.5) is 4.39 Å². The average molecular weight is 429 g/mol. The van der Waals surface area contributed by atoms with Gasteiger partial charge in [-0.1, -0.05) is 11.6 Å². The molecule has 0 bridgehead atoms. The van der Waals surface area contributed by atoms with Crippen molar-refractivity contribution in [3.63, 3.8) is 0 Å². The second-order valence-electron chi connectivity index (χ2n) is 6.54. The summed E-state index contributed by atoms with van der Waals surface area (Å²) in [4.78, 5) is 11.3. The molecule has 4 aromatic heterocycles. The van der Waals surface area contributed by atoms with Crippen molar-refractivity contribution in [3.8, 4) is 17.3 Å². The molecule has 0 saturated carbocycles. The van der Waals surface area contributed by atoms with Crippen molar-refractivity contribution in [1.82, 2.24) is 19.6 Å². The molecule has 5 aromatic rings. The summed E-state index contributed by atoms with van der Waals surface area (Å²) in [7, 11) is 0. The Hall–Kier alpha value is -2.97. The first-order valence-corrected chi connectivity index (χ1v) is 9.97. The number of nitrogens with zero attached hydrogens (tertiary/aromatic N) is 4. The number of ether oxygens (including phenoxy) is 1. The highest BCUT2D eigenvalue weighted by atomic mass is 35.5. The topological polar surface area (TPSA) is 65.5 Å². The van der Waals surface area contributed by atoms with Gasteiger partial charge < -0.3 is 9.15 Å². The number of halogens is 2. The third-order valence-corrected chi connectivity index (χ3v) is 6.06. The van der Waals surface area contributed by atoms with Gasteiger partial charge in [-0.05, 0) is 49.7 Å². The standard InChI is InChI=1S/C20H14ClFN4O2S/c1-10-11(2)29-20-17(10)19-24-18(25-26(19)9-23-20)16-6-4-13(28-16)8-27-15-5-3-12(22)7-14(15)21/h3-7,9H,8H2,1-2H3. The van der Waals surface area contributed by atoms with Crippen LogP contribution in [0.25, 0.3) is 27.4 Å². The highest BCUT2D eigenvalue weighted by Crippen LogP contribution is 2.32. The Morgan fingerprint density at radius 1 is 1.24 bits per heavy atom. The summed E-state index contributed by atoms with van der Waals surface area (Å²) >= 11 is 7.62. The van der Waals surface area contributed by atoms with Gasteiger partial charge in [-0.2, -0.15) is 0 Å². The fourth-order valence-corrected chi connectivity index (χ4v) is 4.28. The monoisotopic (exact) mass is 428 g/mol. The van der Waals surface area contributed by atoms with E-state index in [1.807, 2.05) is 0 Å². The molecule has 4 heterocycles. The Morgan fingerprint density at radius 2 is 2.10 bits per heavy atom. The summed E-state index contributed by atoms with van der Waals surface area (Å²) in [5, 5.41) is 5.70. The van der Waals surface area contributed by atoms with E-state index in [0.717, 1.165) is 21.4 Å². The van der Waals surface area contributed by atoms with Gasteiger partial charge in [0.1, 0.15) is 35.1 Å². The fourth-order valence-electron chi connectivity index (χ4n) is 3.07. The Labute approximate surface area is 173 Å². The molecule has 0 atom stereocenters. The van der Waals surface area contributed by atoms with E-state index in [4.69, 9.17) is 20.8 Å². The van der Waals surface area contributed by atoms with Gasteiger partial charge in [0.2, 0.25) is 5.82 Å². The zero-order chi connectivity index (χ0) is 20.1. The number of hydrogen-bond acceptors (Lipinski definition) is 6. The Kier molecular flexibility index (Phi) is 4.25. The van der Waals surface area contributed by atoms with E-state index in [1.165, 1.54) is 23.1 Å². The summed E-state index contributed by atoms with van der Waals surface area (Å²) in [6.07, 6.45) is 1.66. The Morgan fingerprint density at radius 3 is 2.93 bits per heavy atom. The number of fused-ring (bicyclic) bond motifs is 3. The molecular formula is C20H14ClFN4O2S. The van der Waals surface area contributed by atoms with Gasteiger partial charge in [-0.3, -0.25) is 0 Å². The lowest BCUT2D eigenvalue weighted by atomic mass is 10.2. The van der Waals surface area contributed by atoms with Gasteiger partial charge >= 0.3 is 0 Å². The van der Waals surface area contributed by atoms with Crippen LogP contribution < -0.4 is 4.74 Å². The molecule has 9 heteroatoms. The number of benzene rings is 1. The van der Waals surface area contributed by atoms with Gasteiger partial charge in [-0.15, -0.1) is 16.4 Å². The quantitative estimate of drug-likeness (QED) is 0.373. The van der Waals surface area contributed by atoms with E-state index in [9.17, 15) is 4.39 Å². The minimum atomic E-state index is -0.416. The molecule has 0 N–H and O–H groups in total. The van der Waals surface area contributed by atoms with Crippen LogP contribution in [0.15, 0.2) is 41.1 Å². The Bertz CT molecular complexity index is 1370. The van der Waals surface area contributed by atoms with Crippen molar-refractivity contribution in [2.45, 2.75) is 20.5 Å². The molecule has 0 unspecified atom stereocenters. The van der Waals surface area contributed by atoms with E-state index in [0.29, 0.717) is 23.1 Å². The average Bonchev–Trinajstić information content (AvgIpc) is 3.39. The summed E-state index contributed by atoms with van der Waals surface area (Å²) in [6, 6.07) is 7.54. The second kappa shape index (κ2) is 6.82. The maximum atomic E-state index is 13.1. The van der Waals surface area contributed by atoms with E-state index in [1.54, 1.807) is 34.3 Å². The zero-order valence-corrected chi connectivity index (χ0v) is 17.0. The van der Waals surface area contributed by atoms with E-state index >= 15 is 0 Å². The number of aryl methyl sites for hydroxylation is 2. The molecule has 1 aromatic carbocycles. The molecule has 0 saturated heterocycles. The van der Waals surface area contributed by atoms with E-state index in [2.05, 4.69) is 28.9 Å². The molecule has 0 aliphatic rings. The van der Waals surface area contributed by atoms with Crippen molar-refractivity contribution >= 4 is 38.8 Å². The minimum absolute atomic E-state index is 0.146. The molecule has 0 spiro atoms. The van der Waals surface area contributed by atoms with Crippen molar-refractivity contribution in [3.05, 3.63) is 63.7 Å². The molecule has 146 valence electrons. The first kappa shape index (κ1) is 18.1. The van der Waals surface area contributed by atoms with Gasteiger partial charge in [-0.25, -0.2) is 18.9 Å². The van der Waals surface area contributed by atoms with Crippen molar-refractivity contribution in [1.29, 1.82) is 0 Å². The van der Waals surface area contributed by atoms with Gasteiger partial charge in [0.15, 0.2) is 11.4 Å². The summed E-state index contributed by atoms with van der Waals surface area (Å²) in [5.41, 5.74) is 1.91. The fraction of sp³-hybridized carbons (Fsp3) is 0.150. The predicted octanol–water partition coefficient (Wildman–Crippen LogP) is 5.59. The summed E-state index contributed by atoms with van der Waals surface area (Å²) in [6.45, 7) is 4.28. The summed E-state index contributed by atoms with van der Waals surface area (Å²) < 4.78 is 26.2. The van der Waals surface area contributed by atoms with E-state index in [-0.39, 0.29) is 11.6 Å². The van der Waals surface area contributed by atoms with Crippen LogP contribution in [0.5, 0.6) is 5.75 Å². The molecule has 5 rings (SSSR count).